The summed E-state index contributed by atoms with van der Waals surface area (Å²) >= 11 is 0. The molecule has 0 radical (unpaired) electrons. The number of nitriles is 1. The van der Waals surface area contributed by atoms with Crippen molar-refractivity contribution in [1.82, 2.24) is 0 Å². The maximum absolute atomic E-state index is 11.6. The Labute approximate surface area is 93.1 Å². The lowest BCUT2D eigenvalue weighted by Crippen LogP contribution is -2.25. The maximum Gasteiger partial charge on any atom is 0.234 e. The van der Waals surface area contributed by atoms with Crippen LogP contribution in [-0.4, -0.2) is 18.2 Å². The third-order valence-electron chi connectivity index (χ3n) is 2.64. The second-order valence-electron chi connectivity index (χ2n) is 3.78. The molecule has 2 rings (SSSR count). The summed E-state index contributed by atoms with van der Waals surface area (Å²) in [6, 6.07) is 7.36. The number of ketones is 1. The normalized spacial score (nSPS) is 15.4. The predicted molar refractivity (Wildman–Crippen MR) is 57.9 cm³/mol. The van der Waals surface area contributed by atoms with Gasteiger partial charge in [-0.3, -0.25) is 9.59 Å². The van der Waals surface area contributed by atoms with Gasteiger partial charge in [-0.2, -0.15) is 5.26 Å². The first kappa shape index (κ1) is 10.4. The largest absolute Gasteiger partial charge is 0.303 e. The van der Waals surface area contributed by atoms with E-state index in [2.05, 4.69) is 6.07 Å². The van der Waals surface area contributed by atoms with Crippen LogP contribution in [0.3, 0.4) is 0 Å². The molecule has 0 bridgehead atoms. The number of hydrogen-bond donors (Lipinski definition) is 0. The molecule has 0 atom stereocenters. The van der Waals surface area contributed by atoms with Gasteiger partial charge in [0, 0.05) is 0 Å². The lowest BCUT2D eigenvalue weighted by Gasteiger charge is -2.17. The van der Waals surface area contributed by atoms with E-state index in [0.29, 0.717) is 11.3 Å². The summed E-state index contributed by atoms with van der Waals surface area (Å²) < 4.78 is 0. The molecule has 1 aliphatic rings. The smallest absolute Gasteiger partial charge is 0.234 e. The molecule has 1 aromatic carbocycles. The van der Waals surface area contributed by atoms with E-state index in [1.54, 1.807) is 12.1 Å². The highest BCUT2D eigenvalue weighted by Crippen LogP contribution is 2.25. The lowest BCUT2D eigenvalue weighted by molar-refractivity contribution is -0.121. The Morgan fingerprint density at radius 1 is 1.38 bits per heavy atom. The zero-order chi connectivity index (χ0) is 11.7. The van der Waals surface area contributed by atoms with Crippen molar-refractivity contribution in [2.45, 2.75) is 13.3 Å². The van der Waals surface area contributed by atoms with Crippen LogP contribution in [0.2, 0.25) is 0 Å². The second kappa shape index (κ2) is 3.78. The van der Waals surface area contributed by atoms with Crippen LogP contribution in [0, 0.1) is 18.3 Å². The van der Waals surface area contributed by atoms with E-state index >= 15 is 0 Å². The van der Waals surface area contributed by atoms with Gasteiger partial charge in [-0.1, -0.05) is 12.1 Å². The monoisotopic (exact) mass is 214 g/mol. The van der Waals surface area contributed by atoms with E-state index in [-0.39, 0.29) is 24.7 Å². The second-order valence-corrected chi connectivity index (χ2v) is 3.78. The van der Waals surface area contributed by atoms with Crippen LogP contribution in [0.4, 0.5) is 5.69 Å². The maximum atomic E-state index is 11.6. The first-order chi connectivity index (χ1) is 7.63. The summed E-state index contributed by atoms with van der Waals surface area (Å²) in [5.41, 5.74) is 1.82. The van der Waals surface area contributed by atoms with Crippen molar-refractivity contribution >= 4 is 17.4 Å². The van der Waals surface area contributed by atoms with Crippen LogP contribution in [-0.2, 0) is 9.59 Å². The molecule has 4 nitrogen and oxygen atoms in total. The third kappa shape index (κ3) is 1.57. The van der Waals surface area contributed by atoms with E-state index in [0.717, 1.165) is 5.56 Å². The fourth-order valence-electron chi connectivity index (χ4n) is 1.83. The number of Topliss-reactive ketones (excluding diaryl/α,β-unsaturated/α-hetero) is 1. The number of nitrogens with zero attached hydrogens (tertiary/aromatic N) is 2. The number of rotatable bonds is 1. The van der Waals surface area contributed by atoms with Crippen molar-refractivity contribution in [2.24, 2.45) is 0 Å². The fourth-order valence-corrected chi connectivity index (χ4v) is 1.83. The van der Waals surface area contributed by atoms with Crippen LogP contribution in [0.1, 0.15) is 17.5 Å². The molecule has 0 aliphatic carbocycles. The number of amides is 1. The Morgan fingerprint density at radius 2 is 2.12 bits per heavy atom. The summed E-state index contributed by atoms with van der Waals surface area (Å²) in [7, 11) is 0. The molecule has 0 saturated carbocycles. The van der Waals surface area contributed by atoms with Crippen LogP contribution in [0.5, 0.6) is 0 Å². The lowest BCUT2D eigenvalue weighted by atomic mass is 10.1. The number of benzene rings is 1. The first-order valence-electron chi connectivity index (χ1n) is 4.95. The molecule has 1 aliphatic heterocycles. The number of anilines is 1. The zero-order valence-corrected chi connectivity index (χ0v) is 8.86. The van der Waals surface area contributed by atoms with E-state index in [4.69, 9.17) is 5.26 Å². The predicted octanol–water partition coefficient (Wildman–Crippen LogP) is 1.17. The number of hydrogen-bond acceptors (Lipinski definition) is 3. The molecule has 1 fully saturated rings. The molecule has 1 heterocycles. The highest BCUT2D eigenvalue weighted by atomic mass is 16.2. The Balaban J connectivity index is 2.49. The van der Waals surface area contributed by atoms with Gasteiger partial charge in [0.05, 0.1) is 24.2 Å². The molecule has 80 valence electrons. The van der Waals surface area contributed by atoms with Crippen LogP contribution >= 0.6 is 0 Å². The number of carbonyl (C=O) groups is 2. The fraction of sp³-hybridized carbons (Fsp3) is 0.250. The molecule has 1 aromatic rings. The number of carbonyl (C=O) groups excluding carboxylic acids is 2. The minimum atomic E-state index is -0.230. The van der Waals surface area contributed by atoms with Gasteiger partial charge in [0.15, 0.2) is 5.78 Å². The standard InChI is InChI=1S/C12H10N2O2/c1-8-3-2-4-11(10(8)6-13)14-7-9(15)5-12(14)16/h2-4H,5,7H2,1H3. The Hall–Kier alpha value is -2.15. The van der Waals surface area contributed by atoms with Gasteiger partial charge in [-0.25, -0.2) is 0 Å². The van der Waals surface area contributed by atoms with Gasteiger partial charge in [0.25, 0.3) is 0 Å². The van der Waals surface area contributed by atoms with Crippen LogP contribution < -0.4 is 4.90 Å². The third-order valence-corrected chi connectivity index (χ3v) is 2.64. The van der Waals surface area contributed by atoms with Gasteiger partial charge in [0.2, 0.25) is 5.91 Å². The molecule has 0 N–H and O–H groups in total. The Kier molecular flexibility index (Phi) is 2.45. The summed E-state index contributed by atoms with van der Waals surface area (Å²) in [4.78, 5) is 24.1. The molecule has 0 spiro atoms. The van der Waals surface area contributed by atoms with Crippen molar-refractivity contribution < 1.29 is 9.59 Å². The first-order valence-corrected chi connectivity index (χ1v) is 4.95. The molecular weight excluding hydrogens is 204 g/mol. The molecule has 16 heavy (non-hydrogen) atoms. The van der Waals surface area contributed by atoms with Gasteiger partial charge < -0.3 is 4.90 Å². The topological polar surface area (TPSA) is 61.2 Å². The average molecular weight is 214 g/mol. The summed E-state index contributed by atoms with van der Waals surface area (Å²) in [6.07, 6.45) is -0.0567. The van der Waals surface area contributed by atoms with Gasteiger partial charge in [-0.05, 0) is 18.6 Å². The Bertz CT molecular complexity index is 514. The van der Waals surface area contributed by atoms with Gasteiger partial charge >= 0.3 is 0 Å². The molecule has 1 saturated heterocycles. The molecule has 0 aromatic heterocycles. The van der Waals surface area contributed by atoms with E-state index in [1.165, 1.54) is 4.90 Å². The Morgan fingerprint density at radius 3 is 2.69 bits per heavy atom. The quantitative estimate of drug-likeness (QED) is 0.659. The molecule has 1 amide bonds. The summed E-state index contributed by atoms with van der Waals surface area (Å²) in [5, 5.41) is 9.04. The highest BCUT2D eigenvalue weighted by Gasteiger charge is 2.30. The average Bonchev–Trinajstić information content (AvgIpc) is 2.57. The SMILES string of the molecule is Cc1cccc(N2CC(=O)CC2=O)c1C#N. The summed E-state index contributed by atoms with van der Waals surface area (Å²) in [5.74, 6) is -0.331. The summed E-state index contributed by atoms with van der Waals surface area (Å²) in [6.45, 7) is 1.89. The van der Waals surface area contributed by atoms with E-state index in [9.17, 15) is 9.59 Å². The molecule has 0 unspecified atom stereocenters. The van der Waals surface area contributed by atoms with Crippen molar-refractivity contribution in [1.29, 1.82) is 5.26 Å². The van der Waals surface area contributed by atoms with Gasteiger partial charge in [-0.15, -0.1) is 0 Å². The molecular formula is C12H10N2O2. The van der Waals surface area contributed by atoms with Crippen LogP contribution in [0.25, 0.3) is 0 Å². The molecule has 4 heteroatoms. The van der Waals surface area contributed by atoms with Crippen molar-refractivity contribution in [3.8, 4) is 6.07 Å². The highest BCUT2D eigenvalue weighted by molar-refractivity contribution is 6.15. The van der Waals surface area contributed by atoms with E-state index in [1.807, 2.05) is 13.0 Å². The zero-order valence-electron chi connectivity index (χ0n) is 8.86. The number of aryl methyl sites for hydroxylation is 1. The van der Waals surface area contributed by atoms with Crippen LogP contribution in [0.15, 0.2) is 18.2 Å². The van der Waals surface area contributed by atoms with Crippen molar-refractivity contribution in [2.75, 3.05) is 11.4 Å². The van der Waals surface area contributed by atoms with Crippen molar-refractivity contribution in [3.05, 3.63) is 29.3 Å². The minimum Gasteiger partial charge on any atom is -0.303 e. The van der Waals surface area contributed by atoms with Gasteiger partial charge in [0.1, 0.15) is 6.07 Å². The van der Waals surface area contributed by atoms with E-state index < -0.39 is 0 Å². The minimum absolute atomic E-state index is 0.0567. The van der Waals surface area contributed by atoms with Crippen molar-refractivity contribution in [3.63, 3.8) is 0 Å².